The van der Waals surface area contributed by atoms with E-state index in [9.17, 15) is 19.5 Å². The highest BCUT2D eigenvalue weighted by Crippen LogP contribution is 2.54. The molecule has 1 amide bonds. The van der Waals surface area contributed by atoms with Gasteiger partial charge < -0.3 is 24.2 Å². The lowest BCUT2D eigenvalue weighted by Gasteiger charge is -2.47. The van der Waals surface area contributed by atoms with Gasteiger partial charge in [-0.25, -0.2) is 9.59 Å². The topological polar surface area (TPSA) is 102 Å². The number of β-lactam (4-membered cyclic amide) rings is 1. The van der Waals surface area contributed by atoms with Crippen LogP contribution in [0.1, 0.15) is 65.2 Å². The Kier molecular flexibility index (Phi) is 7.05. The first-order chi connectivity index (χ1) is 15.3. The van der Waals surface area contributed by atoms with Gasteiger partial charge in [0, 0.05) is 18.1 Å². The Bertz CT molecular complexity index is 791. The summed E-state index contributed by atoms with van der Waals surface area (Å²) in [4.78, 5) is 39.6. The SMILES string of the molecule is CS[C@H]1CCC[C@@H]2C1=C(C(=O)OC(C)OC(=O)OC1CCCCC1)N1C(=O)[C@H]([C@@H](C)O)[C@@H]21. The van der Waals surface area contributed by atoms with Crippen molar-refractivity contribution in [2.45, 2.75) is 95.0 Å². The predicted molar refractivity (Wildman–Crippen MR) is 117 cm³/mol. The van der Waals surface area contributed by atoms with Gasteiger partial charge in [0.2, 0.25) is 12.2 Å². The number of esters is 1. The molecule has 0 aromatic rings. The molecule has 0 bridgehead atoms. The van der Waals surface area contributed by atoms with Crippen LogP contribution in [0.25, 0.3) is 0 Å². The summed E-state index contributed by atoms with van der Waals surface area (Å²) in [5, 5.41) is 10.3. The Labute approximate surface area is 193 Å². The number of hydrogen-bond acceptors (Lipinski definition) is 8. The van der Waals surface area contributed by atoms with Crippen molar-refractivity contribution in [2.24, 2.45) is 11.8 Å². The van der Waals surface area contributed by atoms with E-state index in [4.69, 9.17) is 14.2 Å². The van der Waals surface area contributed by atoms with Gasteiger partial charge in [0.25, 0.3) is 0 Å². The van der Waals surface area contributed by atoms with Crippen LogP contribution >= 0.6 is 11.8 Å². The molecule has 1 saturated heterocycles. The highest BCUT2D eigenvalue weighted by Gasteiger charge is 2.62. The molecule has 4 rings (SSSR count). The average Bonchev–Trinajstić information content (AvgIpc) is 3.04. The number of thioether (sulfide) groups is 1. The maximum Gasteiger partial charge on any atom is 0.511 e. The van der Waals surface area contributed by atoms with Crippen LogP contribution in [0.2, 0.25) is 0 Å². The molecular weight excluding hydrogens is 434 g/mol. The standard InChI is InChI=1S/C23H33NO7S/c1-12(25)17-19-15-10-7-11-16(32-3)18(15)20(24(19)21(17)26)22(27)29-13(2)30-23(28)31-14-8-5-4-6-9-14/h12-17,19,25H,4-11H2,1-3H3/t12-,13?,15-,16+,17-,19-/m1/s1. The quantitative estimate of drug-likeness (QED) is 0.360. The van der Waals surface area contributed by atoms with E-state index in [0.29, 0.717) is 0 Å². The largest absolute Gasteiger partial charge is 0.511 e. The smallest absolute Gasteiger partial charge is 0.431 e. The number of amides is 1. The number of carbonyl (C=O) groups excluding carboxylic acids is 3. The van der Waals surface area contributed by atoms with Crippen molar-refractivity contribution in [2.75, 3.05) is 6.26 Å². The summed E-state index contributed by atoms with van der Waals surface area (Å²) in [7, 11) is 0. The maximum absolute atomic E-state index is 13.2. The molecule has 0 spiro atoms. The Balaban J connectivity index is 1.46. The van der Waals surface area contributed by atoms with Crippen LogP contribution in [0, 0.1) is 11.8 Å². The second-order valence-electron chi connectivity index (χ2n) is 9.25. The zero-order chi connectivity index (χ0) is 23.0. The lowest BCUT2D eigenvalue weighted by Crippen LogP contribution is -2.64. The van der Waals surface area contributed by atoms with Crippen LogP contribution in [0.3, 0.4) is 0 Å². The molecule has 0 aromatic heterocycles. The van der Waals surface area contributed by atoms with Crippen molar-refractivity contribution in [3.63, 3.8) is 0 Å². The fourth-order valence-corrected chi connectivity index (χ4v) is 6.72. The summed E-state index contributed by atoms with van der Waals surface area (Å²) < 4.78 is 15.9. The number of aliphatic hydroxyl groups excluding tert-OH is 1. The number of fused-ring (bicyclic) bond motifs is 3. The zero-order valence-corrected chi connectivity index (χ0v) is 19.8. The lowest BCUT2D eigenvalue weighted by atomic mass is 9.72. The molecular formula is C23H33NO7S. The van der Waals surface area contributed by atoms with Crippen LogP contribution < -0.4 is 0 Å². The molecule has 178 valence electrons. The van der Waals surface area contributed by atoms with Gasteiger partial charge in [-0.3, -0.25) is 4.79 Å². The molecule has 4 aliphatic rings. The Morgan fingerprint density at radius 3 is 2.44 bits per heavy atom. The van der Waals surface area contributed by atoms with Gasteiger partial charge in [-0.05, 0) is 57.3 Å². The van der Waals surface area contributed by atoms with Crippen LogP contribution in [-0.4, -0.2) is 64.1 Å². The number of hydrogen-bond donors (Lipinski definition) is 1. The predicted octanol–water partition coefficient (Wildman–Crippen LogP) is 3.37. The van der Waals surface area contributed by atoms with E-state index < -0.39 is 30.4 Å². The van der Waals surface area contributed by atoms with E-state index >= 15 is 0 Å². The molecule has 2 aliphatic heterocycles. The third-order valence-corrected chi connectivity index (χ3v) is 8.25. The molecule has 6 atom stereocenters. The summed E-state index contributed by atoms with van der Waals surface area (Å²) >= 11 is 1.66. The minimum Gasteiger partial charge on any atom is -0.431 e. The highest BCUT2D eigenvalue weighted by atomic mass is 32.2. The van der Waals surface area contributed by atoms with Gasteiger partial charge >= 0.3 is 12.1 Å². The van der Waals surface area contributed by atoms with E-state index in [2.05, 4.69) is 0 Å². The van der Waals surface area contributed by atoms with Gasteiger partial charge in [-0.15, -0.1) is 0 Å². The third kappa shape index (κ3) is 4.25. The van der Waals surface area contributed by atoms with Crippen molar-refractivity contribution >= 4 is 29.8 Å². The zero-order valence-electron chi connectivity index (χ0n) is 19.0. The van der Waals surface area contributed by atoms with Crippen LogP contribution in [0.15, 0.2) is 11.3 Å². The summed E-state index contributed by atoms with van der Waals surface area (Å²) in [5.41, 5.74) is 1.21. The van der Waals surface area contributed by atoms with Crippen molar-refractivity contribution in [3.8, 4) is 0 Å². The second kappa shape index (κ2) is 9.63. The van der Waals surface area contributed by atoms with Crippen LogP contribution in [0.4, 0.5) is 4.79 Å². The molecule has 0 aromatic carbocycles. The van der Waals surface area contributed by atoms with Gasteiger partial charge in [-0.1, -0.05) is 12.8 Å². The lowest BCUT2D eigenvalue weighted by molar-refractivity contribution is -0.174. The number of carbonyl (C=O) groups is 3. The van der Waals surface area contributed by atoms with Gasteiger partial charge in [-0.2, -0.15) is 11.8 Å². The van der Waals surface area contributed by atoms with Crippen molar-refractivity contribution in [1.82, 2.24) is 4.90 Å². The molecule has 9 heteroatoms. The minimum absolute atomic E-state index is 0.0496. The van der Waals surface area contributed by atoms with Gasteiger partial charge in [0.15, 0.2) is 0 Å². The molecule has 32 heavy (non-hydrogen) atoms. The number of ether oxygens (including phenoxy) is 3. The molecule has 2 heterocycles. The number of rotatable bonds is 6. The van der Waals surface area contributed by atoms with Crippen molar-refractivity contribution < 1.29 is 33.7 Å². The first-order valence-electron chi connectivity index (χ1n) is 11.7. The molecule has 3 fully saturated rings. The second-order valence-corrected chi connectivity index (χ2v) is 10.3. The van der Waals surface area contributed by atoms with E-state index in [1.54, 1.807) is 18.7 Å². The van der Waals surface area contributed by atoms with E-state index in [1.165, 1.54) is 11.8 Å². The molecule has 0 radical (unpaired) electrons. The van der Waals surface area contributed by atoms with E-state index in [0.717, 1.165) is 56.9 Å². The molecule has 2 saturated carbocycles. The number of aliphatic hydroxyl groups is 1. The highest BCUT2D eigenvalue weighted by molar-refractivity contribution is 7.99. The summed E-state index contributed by atoms with van der Waals surface area (Å²) in [6.45, 7) is 3.09. The third-order valence-electron chi connectivity index (χ3n) is 7.19. The molecule has 1 unspecified atom stereocenters. The van der Waals surface area contributed by atoms with Crippen LogP contribution in [-0.2, 0) is 23.8 Å². The van der Waals surface area contributed by atoms with Gasteiger partial charge in [0.1, 0.15) is 11.8 Å². The summed E-state index contributed by atoms with van der Waals surface area (Å²) in [6.07, 6.45) is 6.75. The van der Waals surface area contributed by atoms with Crippen molar-refractivity contribution in [1.29, 1.82) is 0 Å². The van der Waals surface area contributed by atoms with Gasteiger partial charge in [0.05, 0.1) is 18.1 Å². The van der Waals surface area contributed by atoms with Crippen LogP contribution in [0.5, 0.6) is 0 Å². The first-order valence-corrected chi connectivity index (χ1v) is 13.0. The fourth-order valence-electron chi connectivity index (χ4n) is 5.78. The number of nitrogens with zero attached hydrogens (tertiary/aromatic N) is 1. The molecule has 8 nitrogen and oxygen atoms in total. The maximum atomic E-state index is 13.2. The average molecular weight is 468 g/mol. The Hall–Kier alpha value is -1.74. The van der Waals surface area contributed by atoms with E-state index in [-0.39, 0.29) is 34.9 Å². The molecule has 1 N–H and O–H groups in total. The first kappa shape index (κ1) is 23.4. The summed E-state index contributed by atoms with van der Waals surface area (Å²) in [6, 6.07) is -0.206. The Morgan fingerprint density at radius 2 is 1.78 bits per heavy atom. The van der Waals surface area contributed by atoms with Crippen molar-refractivity contribution in [3.05, 3.63) is 11.3 Å². The summed E-state index contributed by atoms with van der Waals surface area (Å²) in [5.74, 6) is -1.36. The normalized spacial score (nSPS) is 31.9. The van der Waals surface area contributed by atoms with E-state index in [1.807, 2.05) is 6.26 Å². The monoisotopic (exact) mass is 467 g/mol. The minimum atomic E-state index is -1.13. The fraction of sp³-hybridized carbons (Fsp3) is 0.783. The Morgan fingerprint density at radius 1 is 1.06 bits per heavy atom. The molecule has 2 aliphatic carbocycles.